The van der Waals surface area contributed by atoms with E-state index in [0.29, 0.717) is 12.0 Å². The summed E-state index contributed by atoms with van der Waals surface area (Å²) in [6, 6.07) is 8.54. The predicted molar refractivity (Wildman–Crippen MR) is 92.0 cm³/mol. The van der Waals surface area contributed by atoms with E-state index in [1.54, 1.807) is 0 Å². The Morgan fingerprint density at radius 2 is 2.00 bits per heavy atom. The second kappa shape index (κ2) is 4.07. The molecule has 23 heavy (non-hydrogen) atoms. The van der Waals surface area contributed by atoms with Gasteiger partial charge in [-0.25, -0.2) is 0 Å². The van der Waals surface area contributed by atoms with Crippen molar-refractivity contribution in [2.75, 3.05) is 0 Å². The number of benzene rings is 1. The van der Waals surface area contributed by atoms with Crippen LogP contribution in [-0.2, 0) is 5.60 Å². The monoisotopic (exact) mass is 310 g/mol. The van der Waals surface area contributed by atoms with Crippen LogP contribution in [0, 0.1) is 17.3 Å². The van der Waals surface area contributed by atoms with E-state index >= 15 is 0 Å². The van der Waals surface area contributed by atoms with Crippen LogP contribution < -0.4 is 5.32 Å². The van der Waals surface area contributed by atoms with E-state index in [0.717, 1.165) is 35.7 Å². The normalized spacial score (nSPS) is 45.9. The van der Waals surface area contributed by atoms with E-state index in [9.17, 15) is 5.11 Å². The molecule has 2 aliphatic heterocycles. The van der Waals surface area contributed by atoms with Crippen LogP contribution in [0.15, 0.2) is 29.3 Å². The maximum atomic E-state index is 11.7. The van der Waals surface area contributed by atoms with E-state index in [1.807, 2.05) is 12.1 Å². The minimum atomic E-state index is -0.875. The first-order chi connectivity index (χ1) is 10.8. The highest BCUT2D eigenvalue weighted by molar-refractivity contribution is 6.05. The van der Waals surface area contributed by atoms with Crippen molar-refractivity contribution in [1.82, 2.24) is 5.32 Å². The SMILES string of the molecule is CC1(C)NC2CC3(O)C(=Nc4ccccc43)C3(C)CCC1CC23. The Bertz CT molecular complexity index is 724. The average Bonchev–Trinajstić information content (AvgIpc) is 2.80. The van der Waals surface area contributed by atoms with Gasteiger partial charge in [-0.05, 0) is 51.0 Å². The zero-order valence-electron chi connectivity index (χ0n) is 14.3. The summed E-state index contributed by atoms with van der Waals surface area (Å²) in [5.41, 5.74) is 2.36. The van der Waals surface area contributed by atoms with Gasteiger partial charge < -0.3 is 10.4 Å². The van der Waals surface area contributed by atoms with Gasteiger partial charge in [0.15, 0.2) is 0 Å². The summed E-state index contributed by atoms with van der Waals surface area (Å²) in [7, 11) is 0. The molecule has 5 rings (SSSR count). The van der Waals surface area contributed by atoms with E-state index in [1.165, 1.54) is 12.8 Å². The van der Waals surface area contributed by atoms with Gasteiger partial charge in [0.05, 0.1) is 11.4 Å². The molecule has 1 saturated heterocycles. The highest BCUT2D eigenvalue weighted by atomic mass is 16.3. The number of nitrogens with zero attached hydrogens (tertiary/aromatic N) is 1. The molecule has 3 fully saturated rings. The lowest BCUT2D eigenvalue weighted by atomic mass is 9.48. The largest absolute Gasteiger partial charge is 0.379 e. The van der Waals surface area contributed by atoms with E-state index in [4.69, 9.17) is 4.99 Å². The predicted octanol–water partition coefficient (Wildman–Crippen LogP) is 3.54. The fourth-order valence-corrected chi connectivity index (χ4v) is 6.18. The Morgan fingerprint density at radius 1 is 1.22 bits per heavy atom. The number of hydrogen-bond donors (Lipinski definition) is 2. The summed E-state index contributed by atoms with van der Waals surface area (Å²) in [4.78, 5) is 4.96. The van der Waals surface area contributed by atoms with Gasteiger partial charge in [0, 0.05) is 29.0 Å². The highest BCUT2D eigenvalue weighted by Gasteiger charge is 2.63. The topological polar surface area (TPSA) is 44.6 Å². The first kappa shape index (κ1) is 14.2. The van der Waals surface area contributed by atoms with E-state index in [-0.39, 0.29) is 11.0 Å². The molecule has 0 radical (unpaired) electrons. The van der Waals surface area contributed by atoms with Crippen molar-refractivity contribution < 1.29 is 5.11 Å². The Hall–Kier alpha value is -1.19. The number of rotatable bonds is 0. The number of fused-ring (bicyclic) bond motifs is 5. The lowest BCUT2D eigenvalue weighted by Gasteiger charge is -2.62. The van der Waals surface area contributed by atoms with Gasteiger partial charge >= 0.3 is 0 Å². The average molecular weight is 310 g/mol. The second-order valence-corrected chi connectivity index (χ2v) is 9.01. The van der Waals surface area contributed by atoms with Crippen LogP contribution in [0.5, 0.6) is 0 Å². The molecule has 2 bridgehead atoms. The number of para-hydroxylation sites is 1. The summed E-state index contributed by atoms with van der Waals surface area (Å²) >= 11 is 0. The van der Waals surface area contributed by atoms with Crippen molar-refractivity contribution in [3.05, 3.63) is 29.8 Å². The number of aliphatic hydroxyl groups is 1. The maximum Gasteiger partial charge on any atom is 0.132 e. The summed E-state index contributed by atoms with van der Waals surface area (Å²) < 4.78 is 0. The Labute approximate surface area is 138 Å². The molecule has 5 atom stereocenters. The van der Waals surface area contributed by atoms with Gasteiger partial charge in [0.25, 0.3) is 0 Å². The molecule has 0 aromatic heterocycles. The molecule has 0 spiro atoms. The molecule has 5 unspecified atom stereocenters. The van der Waals surface area contributed by atoms with Gasteiger partial charge in [-0.15, -0.1) is 0 Å². The van der Waals surface area contributed by atoms with Crippen molar-refractivity contribution in [1.29, 1.82) is 0 Å². The van der Waals surface area contributed by atoms with Gasteiger partial charge in [0.2, 0.25) is 0 Å². The molecule has 4 aliphatic rings. The minimum Gasteiger partial charge on any atom is -0.379 e. The van der Waals surface area contributed by atoms with E-state index in [2.05, 4.69) is 38.2 Å². The zero-order chi connectivity index (χ0) is 16.0. The van der Waals surface area contributed by atoms with Crippen molar-refractivity contribution in [3.8, 4) is 0 Å². The highest BCUT2D eigenvalue weighted by Crippen LogP contribution is 2.61. The molecule has 3 heteroatoms. The first-order valence-electron chi connectivity index (χ1n) is 9.04. The third-order valence-electron chi connectivity index (χ3n) is 7.46. The van der Waals surface area contributed by atoms with Gasteiger partial charge in [0.1, 0.15) is 5.60 Å². The fraction of sp³-hybridized carbons (Fsp3) is 0.650. The maximum absolute atomic E-state index is 11.7. The van der Waals surface area contributed by atoms with Crippen LogP contribution in [0.3, 0.4) is 0 Å². The Balaban J connectivity index is 1.68. The third kappa shape index (κ3) is 1.60. The number of hydrogen-bond acceptors (Lipinski definition) is 3. The number of aliphatic imine (C=N–C) groups is 1. The summed E-state index contributed by atoms with van der Waals surface area (Å²) in [5, 5.41) is 15.6. The van der Waals surface area contributed by atoms with Crippen molar-refractivity contribution >= 4 is 11.4 Å². The minimum absolute atomic E-state index is 0.0245. The number of piperidine rings is 1. The molecule has 2 heterocycles. The molecule has 122 valence electrons. The standard InChI is InChI=1S/C20H26N2O/c1-18(2)12-8-9-19(3)14(10-12)16(22-18)11-20(23)13-6-4-5-7-15(13)21-17(19)20/h4-7,12,14,16,22-23H,8-11H2,1-3H3. The fourth-order valence-electron chi connectivity index (χ4n) is 6.18. The Morgan fingerprint density at radius 3 is 2.83 bits per heavy atom. The molecule has 1 aromatic rings. The second-order valence-electron chi connectivity index (χ2n) is 9.01. The van der Waals surface area contributed by atoms with Crippen LogP contribution in [-0.4, -0.2) is 22.4 Å². The van der Waals surface area contributed by atoms with Crippen LogP contribution in [0.4, 0.5) is 5.69 Å². The lowest BCUT2D eigenvalue weighted by Crippen LogP contribution is -2.70. The van der Waals surface area contributed by atoms with Crippen LogP contribution in [0.1, 0.15) is 52.0 Å². The van der Waals surface area contributed by atoms with Gasteiger partial charge in [-0.1, -0.05) is 25.1 Å². The summed E-state index contributed by atoms with van der Waals surface area (Å²) in [6.45, 7) is 7.04. The molecule has 2 aliphatic carbocycles. The van der Waals surface area contributed by atoms with E-state index < -0.39 is 5.60 Å². The van der Waals surface area contributed by atoms with Crippen molar-refractivity contribution in [3.63, 3.8) is 0 Å². The zero-order valence-corrected chi connectivity index (χ0v) is 14.3. The third-order valence-corrected chi connectivity index (χ3v) is 7.46. The van der Waals surface area contributed by atoms with Gasteiger partial charge in [-0.3, -0.25) is 4.99 Å². The molecular formula is C20H26N2O. The Kier molecular flexibility index (Phi) is 2.51. The van der Waals surface area contributed by atoms with Gasteiger partial charge in [-0.2, -0.15) is 0 Å². The first-order valence-corrected chi connectivity index (χ1v) is 9.04. The summed E-state index contributed by atoms with van der Waals surface area (Å²) in [6.07, 6.45) is 4.41. The summed E-state index contributed by atoms with van der Waals surface area (Å²) in [5.74, 6) is 1.34. The van der Waals surface area contributed by atoms with Crippen LogP contribution >= 0.6 is 0 Å². The lowest BCUT2D eigenvalue weighted by molar-refractivity contribution is -0.0566. The quantitative estimate of drug-likeness (QED) is 0.770. The van der Waals surface area contributed by atoms with Crippen LogP contribution in [0.25, 0.3) is 0 Å². The van der Waals surface area contributed by atoms with Crippen molar-refractivity contribution in [2.24, 2.45) is 22.2 Å². The smallest absolute Gasteiger partial charge is 0.132 e. The molecule has 0 amide bonds. The molecule has 1 aromatic carbocycles. The molecule has 2 saturated carbocycles. The van der Waals surface area contributed by atoms with Crippen molar-refractivity contribution in [2.45, 2.75) is 63.6 Å². The van der Waals surface area contributed by atoms with Crippen LogP contribution in [0.2, 0.25) is 0 Å². The molecular weight excluding hydrogens is 284 g/mol. The molecule has 2 N–H and O–H groups in total. The molecule has 3 nitrogen and oxygen atoms in total. The number of nitrogens with one attached hydrogen (secondary N) is 1.